The zero-order valence-electron chi connectivity index (χ0n) is 13.5. The van der Waals surface area contributed by atoms with Crippen LogP contribution in [0.15, 0.2) is 48.5 Å². The topological polar surface area (TPSA) is 12.0 Å². The molecule has 0 fully saturated rings. The maximum Gasteiger partial charge on any atom is 0.0320 e. The summed E-state index contributed by atoms with van der Waals surface area (Å²) in [5, 5.41) is 3.61. The Morgan fingerprint density at radius 1 is 0.905 bits per heavy atom. The van der Waals surface area contributed by atoms with E-state index >= 15 is 0 Å². The molecular weight excluding hydrogens is 254 g/mol. The van der Waals surface area contributed by atoms with Crippen LogP contribution in [0.2, 0.25) is 0 Å². The third-order valence-electron chi connectivity index (χ3n) is 4.22. The summed E-state index contributed by atoms with van der Waals surface area (Å²) in [6, 6.07) is 17.9. The van der Waals surface area contributed by atoms with Crippen LogP contribution in [0.25, 0.3) is 0 Å². The Morgan fingerprint density at radius 3 is 2.19 bits per heavy atom. The number of hydrogen-bond acceptors (Lipinski definition) is 1. The van der Waals surface area contributed by atoms with Crippen molar-refractivity contribution in [3.8, 4) is 0 Å². The number of nitrogens with one attached hydrogen (secondary N) is 1. The second-order valence-electron chi connectivity index (χ2n) is 5.78. The molecular formula is C20H27N. The van der Waals surface area contributed by atoms with Crippen molar-refractivity contribution < 1.29 is 0 Å². The minimum absolute atomic E-state index is 0.473. The van der Waals surface area contributed by atoms with Gasteiger partial charge in [0.1, 0.15) is 0 Å². The number of benzene rings is 2. The van der Waals surface area contributed by atoms with E-state index in [9.17, 15) is 0 Å². The van der Waals surface area contributed by atoms with Crippen molar-refractivity contribution in [2.45, 2.75) is 46.1 Å². The van der Waals surface area contributed by atoms with Crippen LogP contribution in [0.1, 0.15) is 48.1 Å². The zero-order chi connectivity index (χ0) is 15.1. The molecule has 2 rings (SSSR count). The van der Waals surface area contributed by atoms with E-state index in [0.717, 1.165) is 6.54 Å². The van der Waals surface area contributed by atoms with E-state index < -0.39 is 0 Å². The van der Waals surface area contributed by atoms with E-state index in [4.69, 9.17) is 0 Å². The highest BCUT2D eigenvalue weighted by Gasteiger charge is 2.10. The van der Waals surface area contributed by atoms with E-state index in [1.807, 2.05) is 0 Å². The molecule has 1 atom stereocenters. The molecule has 21 heavy (non-hydrogen) atoms. The molecule has 0 saturated heterocycles. The lowest BCUT2D eigenvalue weighted by Crippen LogP contribution is -2.21. The summed E-state index contributed by atoms with van der Waals surface area (Å²) in [6.45, 7) is 7.65. The summed E-state index contributed by atoms with van der Waals surface area (Å²) in [7, 11) is 0. The van der Waals surface area contributed by atoms with Crippen molar-refractivity contribution in [3.05, 3.63) is 70.8 Å². The molecule has 1 nitrogen and oxygen atoms in total. The first-order valence-corrected chi connectivity index (χ1v) is 8.05. The highest BCUT2D eigenvalue weighted by Crippen LogP contribution is 2.22. The Balaban J connectivity index is 1.97. The van der Waals surface area contributed by atoms with E-state index in [1.165, 1.54) is 41.5 Å². The second kappa shape index (κ2) is 7.99. The van der Waals surface area contributed by atoms with Gasteiger partial charge >= 0.3 is 0 Å². The molecule has 0 radical (unpaired) electrons. The largest absolute Gasteiger partial charge is 0.310 e. The molecule has 0 spiro atoms. The molecule has 0 heterocycles. The fourth-order valence-corrected chi connectivity index (χ4v) is 3.04. The molecule has 0 aliphatic heterocycles. The molecule has 2 aromatic rings. The van der Waals surface area contributed by atoms with E-state index in [2.05, 4.69) is 74.6 Å². The lowest BCUT2D eigenvalue weighted by atomic mass is 9.95. The molecule has 0 aliphatic carbocycles. The first-order valence-electron chi connectivity index (χ1n) is 8.05. The van der Waals surface area contributed by atoms with Gasteiger partial charge in [-0.3, -0.25) is 0 Å². The van der Waals surface area contributed by atoms with Crippen LogP contribution < -0.4 is 5.32 Å². The third kappa shape index (κ3) is 4.44. The van der Waals surface area contributed by atoms with E-state index in [1.54, 1.807) is 0 Å². The quantitative estimate of drug-likeness (QED) is 0.755. The van der Waals surface area contributed by atoms with E-state index in [-0.39, 0.29) is 0 Å². The number of rotatable bonds is 7. The van der Waals surface area contributed by atoms with E-state index in [0.29, 0.717) is 6.04 Å². The van der Waals surface area contributed by atoms with Crippen LogP contribution in [0.3, 0.4) is 0 Å². The Labute approximate surface area is 129 Å². The van der Waals surface area contributed by atoms with Gasteiger partial charge in [0.25, 0.3) is 0 Å². The Kier molecular flexibility index (Phi) is 6.01. The minimum atomic E-state index is 0.473. The molecule has 0 saturated carbocycles. The Hall–Kier alpha value is -1.60. The van der Waals surface area contributed by atoms with Crippen LogP contribution >= 0.6 is 0 Å². The predicted molar refractivity (Wildman–Crippen MR) is 91.7 cm³/mol. The molecule has 1 heteroatoms. The van der Waals surface area contributed by atoms with Crippen molar-refractivity contribution in [2.75, 3.05) is 6.54 Å². The highest BCUT2D eigenvalue weighted by molar-refractivity contribution is 5.33. The zero-order valence-corrected chi connectivity index (χ0v) is 13.5. The summed E-state index contributed by atoms with van der Waals surface area (Å²) in [5.74, 6) is 0. The Morgan fingerprint density at radius 2 is 1.57 bits per heavy atom. The fraction of sp³-hybridized carbons (Fsp3) is 0.400. The monoisotopic (exact) mass is 281 g/mol. The molecule has 0 aliphatic rings. The number of hydrogen-bond donors (Lipinski definition) is 1. The third-order valence-corrected chi connectivity index (χ3v) is 4.22. The minimum Gasteiger partial charge on any atom is -0.310 e. The van der Waals surface area contributed by atoms with Crippen molar-refractivity contribution >= 4 is 0 Å². The smallest absolute Gasteiger partial charge is 0.0320 e. The Bertz CT molecular complexity index is 525. The van der Waals surface area contributed by atoms with Crippen LogP contribution in [0.4, 0.5) is 0 Å². The van der Waals surface area contributed by atoms with Crippen LogP contribution in [-0.4, -0.2) is 6.54 Å². The summed E-state index contributed by atoms with van der Waals surface area (Å²) in [6.07, 6.45) is 3.58. The molecule has 0 aromatic heterocycles. The highest BCUT2D eigenvalue weighted by atomic mass is 14.9. The van der Waals surface area contributed by atoms with Gasteiger partial charge in [-0.2, -0.15) is 0 Å². The maximum absolute atomic E-state index is 3.61. The molecule has 1 unspecified atom stereocenters. The molecule has 112 valence electrons. The fourth-order valence-electron chi connectivity index (χ4n) is 3.04. The summed E-state index contributed by atoms with van der Waals surface area (Å²) < 4.78 is 0. The van der Waals surface area contributed by atoms with Gasteiger partial charge in [-0.1, -0.05) is 55.5 Å². The van der Waals surface area contributed by atoms with Gasteiger partial charge in [-0.25, -0.2) is 0 Å². The van der Waals surface area contributed by atoms with Gasteiger partial charge in [0.15, 0.2) is 0 Å². The summed E-state index contributed by atoms with van der Waals surface area (Å²) >= 11 is 0. The standard InChI is InChI=1S/C20H27N/c1-4-21-20(18-12-6-5-7-13-18)15-9-14-19-16(2)10-8-11-17(19)3/h5-8,10-13,20-21H,4,9,14-15H2,1-3H3. The first kappa shape index (κ1) is 15.8. The second-order valence-corrected chi connectivity index (χ2v) is 5.78. The van der Waals surface area contributed by atoms with Crippen molar-refractivity contribution in [3.63, 3.8) is 0 Å². The maximum atomic E-state index is 3.61. The van der Waals surface area contributed by atoms with Gasteiger partial charge in [-0.05, 0) is 61.9 Å². The van der Waals surface area contributed by atoms with Crippen molar-refractivity contribution in [1.82, 2.24) is 5.32 Å². The van der Waals surface area contributed by atoms with Crippen molar-refractivity contribution in [2.24, 2.45) is 0 Å². The van der Waals surface area contributed by atoms with Crippen molar-refractivity contribution in [1.29, 1.82) is 0 Å². The summed E-state index contributed by atoms with van der Waals surface area (Å²) in [4.78, 5) is 0. The molecule has 2 aromatic carbocycles. The molecule has 1 N–H and O–H groups in total. The average molecular weight is 281 g/mol. The normalized spacial score (nSPS) is 12.3. The van der Waals surface area contributed by atoms with Gasteiger partial charge in [0.05, 0.1) is 0 Å². The van der Waals surface area contributed by atoms with Gasteiger partial charge in [0.2, 0.25) is 0 Å². The van der Waals surface area contributed by atoms with Gasteiger partial charge < -0.3 is 5.32 Å². The predicted octanol–water partition coefficient (Wildman–Crippen LogP) is 4.98. The molecule has 0 amide bonds. The summed E-state index contributed by atoms with van der Waals surface area (Å²) in [5.41, 5.74) is 5.78. The van der Waals surface area contributed by atoms with Crippen LogP contribution in [-0.2, 0) is 6.42 Å². The lowest BCUT2D eigenvalue weighted by molar-refractivity contribution is 0.497. The molecule has 0 bridgehead atoms. The lowest BCUT2D eigenvalue weighted by Gasteiger charge is -2.19. The first-order chi connectivity index (χ1) is 10.2. The van der Waals surface area contributed by atoms with Gasteiger partial charge in [-0.15, -0.1) is 0 Å². The van der Waals surface area contributed by atoms with Crippen LogP contribution in [0.5, 0.6) is 0 Å². The van der Waals surface area contributed by atoms with Gasteiger partial charge in [0, 0.05) is 6.04 Å². The number of aryl methyl sites for hydroxylation is 2. The van der Waals surface area contributed by atoms with Crippen LogP contribution in [0, 0.1) is 13.8 Å². The average Bonchev–Trinajstić information content (AvgIpc) is 2.50. The SMILES string of the molecule is CCNC(CCCc1c(C)cccc1C)c1ccccc1.